The van der Waals surface area contributed by atoms with Crippen molar-refractivity contribution in [2.45, 2.75) is 118 Å². The lowest BCUT2D eigenvalue weighted by atomic mass is 9.44. The molecule has 4 aliphatic rings. The predicted octanol–water partition coefficient (Wildman–Crippen LogP) is 11.9. The lowest BCUT2D eigenvalue weighted by Crippen LogP contribution is -2.55. The molecule has 55 heavy (non-hydrogen) atoms. The molecule has 2 aromatic rings. The van der Waals surface area contributed by atoms with Gasteiger partial charge >= 0.3 is 11.9 Å². The Bertz CT molecular complexity index is 1700. The fourth-order valence-corrected chi connectivity index (χ4v) is 13.0. The van der Waals surface area contributed by atoms with Gasteiger partial charge in [0, 0.05) is 12.6 Å². The van der Waals surface area contributed by atoms with Crippen LogP contribution in [0.15, 0.2) is 30.3 Å². The van der Waals surface area contributed by atoms with E-state index < -0.39 is 11.9 Å². The summed E-state index contributed by atoms with van der Waals surface area (Å²) in [4.78, 5) is 24.5. The number of hydrogen-bond acceptors (Lipinski definition) is 5. The van der Waals surface area contributed by atoms with E-state index in [2.05, 4.69) is 39.9 Å². The minimum Gasteiger partial charge on any atom is -0.494 e. The van der Waals surface area contributed by atoms with Crippen molar-refractivity contribution in [3.05, 3.63) is 62.6 Å². The summed E-state index contributed by atoms with van der Waals surface area (Å²) in [5, 5.41) is 24.1. The van der Waals surface area contributed by atoms with Gasteiger partial charge in [-0.25, -0.2) is 9.59 Å². The number of carboxylic acids is 2. The maximum atomic E-state index is 12.3. The number of ether oxygens (including phenoxy) is 2. The highest BCUT2D eigenvalue weighted by Gasteiger charge is 2.60. The van der Waals surface area contributed by atoms with Crippen molar-refractivity contribution in [3.63, 3.8) is 0 Å². The van der Waals surface area contributed by atoms with Gasteiger partial charge < -0.3 is 25.0 Å². The summed E-state index contributed by atoms with van der Waals surface area (Å²) >= 11 is 13.1. The number of halogens is 2. The van der Waals surface area contributed by atoms with Gasteiger partial charge in [-0.15, -0.1) is 0 Å². The van der Waals surface area contributed by atoms with E-state index in [1.165, 1.54) is 90.6 Å². The third-order valence-corrected chi connectivity index (χ3v) is 15.7. The SMILES string of the molecule is COc1c(Cl)cc(C(=CCN[C@@H]2CC[C@@]3(C)[C@@H](CC[C@@H]4[C@@H]3CC[C@]3(C)[C@@H]([C@H](C)CCCC(C)C)CC[C@@H]43)C2)c2cc(Cl)c(OC)c(C(=O)O)c2)cc1C(=O)O. The molecule has 9 atom stereocenters. The van der Waals surface area contributed by atoms with Gasteiger partial charge in [0.05, 0.1) is 24.3 Å². The molecule has 4 aliphatic carbocycles. The first kappa shape index (κ1) is 41.9. The van der Waals surface area contributed by atoms with Gasteiger partial charge in [0.2, 0.25) is 0 Å². The molecule has 0 heterocycles. The summed E-state index contributed by atoms with van der Waals surface area (Å²) in [6, 6.07) is 6.68. The molecular formula is C46H63Cl2NO6. The number of carbonyl (C=O) groups is 2. The molecule has 0 spiro atoms. The lowest BCUT2D eigenvalue weighted by Gasteiger charge is -2.61. The van der Waals surface area contributed by atoms with Crippen molar-refractivity contribution in [1.82, 2.24) is 5.32 Å². The van der Waals surface area contributed by atoms with E-state index in [9.17, 15) is 19.8 Å². The highest BCUT2D eigenvalue weighted by molar-refractivity contribution is 6.33. The van der Waals surface area contributed by atoms with Crippen molar-refractivity contribution in [2.24, 2.45) is 52.3 Å². The molecule has 4 fully saturated rings. The van der Waals surface area contributed by atoms with Crippen LogP contribution in [-0.4, -0.2) is 49.0 Å². The summed E-state index contributed by atoms with van der Waals surface area (Å²) in [6.45, 7) is 13.1. The Morgan fingerprint density at radius 3 is 1.96 bits per heavy atom. The monoisotopic (exact) mass is 795 g/mol. The van der Waals surface area contributed by atoms with E-state index >= 15 is 0 Å². The molecule has 0 amide bonds. The van der Waals surface area contributed by atoms with Crippen LogP contribution in [0, 0.1) is 52.3 Å². The molecular weight excluding hydrogens is 733 g/mol. The topological polar surface area (TPSA) is 105 Å². The first-order valence-electron chi connectivity index (χ1n) is 20.8. The number of fused-ring (bicyclic) bond motifs is 5. The second-order valence-corrected chi connectivity index (χ2v) is 19.2. The first-order chi connectivity index (χ1) is 26.1. The smallest absolute Gasteiger partial charge is 0.339 e. The molecule has 2 aromatic carbocycles. The van der Waals surface area contributed by atoms with Crippen LogP contribution in [0.5, 0.6) is 11.5 Å². The number of hydrogen-bond donors (Lipinski definition) is 3. The molecule has 0 aliphatic heterocycles. The minimum absolute atomic E-state index is 0.0661. The molecule has 0 saturated heterocycles. The van der Waals surface area contributed by atoms with Gasteiger partial charge in [0.1, 0.15) is 11.1 Å². The van der Waals surface area contributed by atoms with Crippen LogP contribution in [0.1, 0.15) is 144 Å². The summed E-state index contributed by atoms with van der Waals surface area (Å²) in [5.74, 6) is 3.52. The van der Waals surface area contributed by atoms with E-state index in [0.29, 0.717) is 46.0 Å². The maximum Gasteiger partial charge on any atom is 0.339 e. The molecule has 0 bridgehead atoms. The normalized spacial score (nSPS) is 30.5. The van der Waals surface area contributed by atoms with E-state index in [1.54, 1.807) is 12.1 Å². The van der Waals surface area contributed by atoms with Crippen LogP contribution in [0.25, 0.3) is 5.57 Å². The summed E-state index contributed by atoms with van der Waals surface area (Å²) < 4.78 is 10.6. The largest absolute Gasteiger partial charge is 0.494 e. The molecule has 6 rings (SSSR count). The molecule has 0 radical (unpaired) electrons. The average Bonchev–Trinajstić information content (AvgIpc) is 3.49. The Hall–Kier alpha value is -2.74. The van der Waals surface area contributed by atoms with E-state index in [0.717, 1.165) is 48.3 Å². The fraction of sp³-hybridized carbons (Fsp3) is 0.652. The second kappa shape index (κ2) is 17.0. The number of nitrogens with one attached hydrogen (secondary N) is 1. The summed E-state index contributed by atoms with van der Waals surface area (Å²) in [6.07, 6.45) is 17.9. The highest BCUT2D eigenvalue weighted by Crippen LogP contribution is 2.68. The molecule has 7 nitrogen and oxygen atoms in total. The number of aromatic carboxylic acids is 2. The van der Waals surface area contributed by atoms with Crippen molar-refractivity contribution in [3.8, 4) is 11.5 Å². The van der Waals surface area contributed by atoms with E-state index in [1.807, 2.05) is 6.08 Å². The number of rotatable bonds is 14. The Morgan fingerprint density at radius 1 is 0.818 bits per heavy atom. The zero-order chi connectivity index (χ0) is 39.8. The van der Waals surface area contributed by atoms with Gasteiger partial charge in [-0.1, -0.05) is 83.2 Å². The Morgan fingerprint density at radius 2 is 1.40 bits per heavy atom. The summed E-state index contributed by atoms with van der Waals surface area (Å²) in [7, 11) is 2.76. The standard InChI is InChI=1S/C46H63Cl2NO6/c1-26(2)9-8-10-27(3)36-13-14-37-33-12-11-30-25-31(15-18-45(30,4)38(33)16-19-46(36,37)5)49-20-17-32(28-21-34(43(50)51)41(54-6)39(47)23-28)29-22-35(44(52)53)42(55-7)40(48)24-29/h17,21-24,26-27,30-31,33,36-38,49H,8-16,18-20,25H2,1-7H3,(H,50,51)(H,52,53)/t27-,30+,31-,33+,36-,37+,38+,45+,46-/m1/s1. The van der Waals surface area contributed by atoms with Crippen molar-refractivity contribution in [1.29, 1.82) is 0 Å². The Labute approximate surface area is 338 Å². The van der Waals surface area contributed by atoms with Gasteiger partial charge in [0.25, 0.3) is 0 Å². The van der Waals surface area contributed by atoms with E-state index in [4.69, 9.17) is 32.7 Å². The lowest BCUT2D eigenvalue weighted by molar-refractivity contribution is -0.117. The van der Waals surface area contributed by atoms with Gasteiger partial charge in [0.15, 0.2) is 11.5 Å². The minimum atomic E-state index is -1.18. The number of carboxylic acid groups (broad SMARTS) is 2. The van der Waals surface area contributed by atoms with Crippen LogP contribution in [0.2, 0.25) is 10.0 Å². The Balaban J connectivity index is 1.19. The maximum absolute atomic E-state index is 12.3. The van der Waals surface area contributed by atoms with Gasteiger partial charge in [-0.05, 0) is 151 Å². The van der Waals surface area contributed by atoms with Crippen molar-refractivity contribution < 1.29 is 29.3 Å². The van der Waals surface area contributed by atoms with Crippen molar-refractivity contribution in [2.75, 3.05) is 20.8 Å². The summed E-state index contributed by atoms with van der Waals surface area (Å²) in [5.41, 5.74) is 2.35. The molecule has 9 heteroatoms. The van der Waals surface area contributed by atoms with Gasteiger partial charge in [-0.2, -0.15) is 0 Å². The predicted molar refractivity (Wildman–Crippen MR) is 222 cm³/mol. The van der Waals surface area contributed by atoms with Crippen LogP contribution < -0.4 is 14.8 Å². The zero-order valence-corrected chi connectivity index (χ0v) is 35.5. The molecule has 0 unspecified atom stereocenters. The van der Waals surface area contributed by atoms with Crippen LogP contribution in [-0.2, 0) is 0 Å². The molecule has 0 aromatic heterocycles. The Kier molecular flexibility index (Phi) is 12.9. The van der Waals surface area contributed by atoms with Crippen molar-refractivity contribution >= 4 is 40.7 Å². The van der Waals surface area contributed by atoms with Crippen LogP contribution >= 0.6 is 23.2 Å². The number of methoxy groups -OCH3 is 2. The molecule has 4 saturated carbocycles. The second-order valence-electron chi connectivity index (χ2n) is 18.4. The molecule has 3 N–H and O–H groups in total. The third kappa shape index (κ3) is 8.19. The van der Waals surface area contributed by atoms with E-state index in [-0.39, 0.29) is 32.7 Å². The first-order valence-corrected chi connectivity index (χ1v) is 21.5. The average molecular weight is 797 g/mol. The van der Waals surface area contributed by atoms with Crippen LogP contribution in [0.4, 0.5) is 0 Å². The van der Waals surface area contributed by atoms with Gasteiger partial charge in [-0.3, -0.25) is 0 Å². The molecule has 302 valence electrons. The third-order valence-electron chi connectivity index (χ3n) is 15.2. The van der Waals surface area contributed by atoms with Crippen LogP contribution in [0.3, 0.4) is 0 Å². The quantitative estimate of drug-likeness (QED) is 0.175. The highest BCUT2D eigenvalue weighted by atomic mass is 35.5. The number of benzene rings is 2. The fourth-order valence-electron chi connectivity index (χ4n) is 12.4. The zero-order valence-electron chi connectivity index (χ0n) is 34.0.